The van der Waals surface area contributed by atoms with Crippen LogP contribution in [0.1, 0.15) is 213 Å². The largest absolute Gasteiger partial charge is 0.477 e. The summed E-state index contributed by atoms with van der Waals surface area (Å²) < 4.78 is 17.3. The molecule has 0 aromatic heterocycles. The van der Waals surface area contributed by atoms with Gasteiger partial charge in [-0.3, -0.25) is 9.59 Å². The lowest BCUT2D eigenvalue weighted by Crippen LogP contribution is -2.50. The summed E-state index contributed by atoms with van der Waals surface area (Å²) in [6.45, 7) is 4.75. The Hall–Kier alpha value is -1.93. The lowest BCUT2D eigenvalue weighted by molar-refractivity contribution is -0.887. The van der Waals surface area contributed by atoms with Crippen molar-refractivity contribution in [3.8, 4) is 0 Å². The van der Waals surface area contributed by atoms with E-state index in [1.807, 2.05) is 21.1 Å². The standard InChI is InChI=1S/C46H87NO7/c1-6-8-10-12-14-16-18-20-22-23-25-26-28-30-32-34-36-44(48)53-41-42(40-52-39-38-43(46(50)51)47(3,4)5)54-45(49)37-35-33-31-29-27-24-21-19-17-15-13-11-9-7-2/h22-23,42-43H,6-21,24-41H2,1-5H3/p+1/b23-22+. The fourth-order valence-corrected chi connectivity index (χ4v) is 6.85. The molecular formula is C46H88NO7+. The van der Waals surface area contributed by atoms with Crippen molar-refractivity contribution in [2.45, 2.75) is 225 Å². The lowest BCUT2D eigenvalue weighted by atomic mass is 10.0. The molecule has 0 aromatic carbocycles. The zero-order chi connectivity index (χ0) is 40.0. The van der Waals surface area contributed by atoms with Crippen LogP contribution in [0.4, 0.5) is 0 Å². The molecule has 2 unspecified atom stereocenters. The van der Waals surface area contributed by atoms with Crippen molar-refractivity contribution in [1.29, 1.82) is 0 Å². The van der Waals surface area contributed by atoms with Gasteiger partial charge in [-0.2, -0.15) is 0 Å². The number of nitrogens with zero attached hydrogens (tertiary/aromatic N) is 1. The van der Waals surface area contributed by atoms with Gasteiger partial charge < -0.3 is 23.8 Å². The van der Waals surface area contributed by atoms with Crippen molar-refractivity contribution in [3.05, 3.63) is 12.2 Å². The van der Waals surface area contributed by atoms with Crippen LogP contribution in [0.3, 0.4) is 0 Å². The van der Waals surface area contributed by atoms with Crippen LogP contribution in [-0.4, -0.2) is 80.6 Å². The van der Waals surface area contributed by atoms with Crippen molar-refractivity contribution >= 4 is 17.9 Å². The summed E-state index contributed by atoms with van der Waals surface area (Å²) in [6, 6.07) is -0.611. The van der Waals surface area contributed by atoms with Crippen LogP contribution in [0, 0.1) is 0 Å². The molecule has 1 N–H and O–H groups in total. The van der Waals surface area contributed by atoms with Crippen LogP contribution in [0.2, 0.25) is 0 Å². The molecule has 0 fully saturated rings. The van der Waals surface area contributed by atoms with Gasteiger partial charge in [0, 0.05) is 19.3 Å². The highest BCUT2D eigenvalue weighted by molar-refractivity contribution is 5.72. The number of rotatable bonds is 41. The predicted octanol–water partition coefficient (Wildman–Crippen LogP) is 12.3. The Balaban J connectivity index is 4.31. The van der Waals surface area contributed by atoms with Crippen molar-refractivity contribution in [2.24, 2.45) is 0 Å². The van der Waals surface area contributed by atoms with Gasteiger partial charge in [0.1, 0.15) is 6.61 Å². The number of esters is 2. The van der Waals surface area contributed by atoms with Crippen LogP contribution in [0.5, 0.6) is 0 Å². The smallest absolute Gasteiger partial charge is 0.362 e. The van der Waals surface area contributed by atoms with Crippen LogP contribution in [-0.2, 0) is 28.6 Å². The van der Waals surface area contributed by atoms with Crippen LogP contribution in [0.25, 0.3) is 0 Å². The molecule has 0 saturated heterocycles. The first-order chi connectivity index (χ1) is 26.1. The number of allylic oxidation sites excluding steroid dienone is 2. The Labute approximate surface area is 333 Å². The second kappa shape index (κ2) is 38.0. The van der Waals surface area contributed by atoms with Gasteiger partial charge in [-0.15, -0.1) is 0 Å². The Morgan fingerprint density at radius 2 is 0.926 bits per heavy atom. The number of hydrogen-bond donors (Lipinski definition) is 1. The van der Waals surface area contributed by atoms with Gasteiger partial charge in [-0.25, -0.2) is 4.79 Å². The van der Waals surface area contributed by atoms with E-state index in [1.165, 1.54) is 135 Å². The van der Waals surface area contributed by atoms with Gasteiger partial charge in [0.15, 0.2) is 12.1 Å². The van der Waals surface area contributed by atoms with Crippen molar-refractivity contribution < 1.29 is 38.2 Å². The average Bonchev–Trinajstić information content (AvgIpc) is 3.12. The van der Waals surface area contributed by atoms with E-state index in [2.05, 4.69) is 26.0 Å². The van der Waals surface area contributed by atoms with Crippen molar-refractivity contribution in [2.75, 3.05) is 41.0 Å². The summed E-state index contributed by atoms with van der Waals surface area (Å²) in [5.41, 5.74) is 0. The molecule has 0 aliphatic rings. The summed E-state index contributed by atoms with van der Waals surface area (Å²) in [5.74, 6) is -1.46. The maximum atomic E-state index is 12.7. The average molecular weight is 767 g/mol. The number of carboxylic acid groups (broad SMARTS) is 1. The molecule has 0 saturated carbocycles. The summed E-state index contributed by atoms with van der Waals surface area (Å²) in [5, 5.41) is 9.62. The highest BCUT2D eigenvalue weighted by Crippen LogP contribution is 2.15. The number of ether oxygens (including phenoxy) is 3. The Kier molecular flexibility index (Phi) is 36.6. The minimum Gasteiger partial charge on any atom is -0.477 e. The molecule has 0 amide bonds. The zero-order valence-corrected chi connectivity index (χ0v) is 36.2. The quantitative estimate of drug-likeness (QED) is 0.0286. The number of aliphatic carboxylic acids is 1. The third-order valence-corrected chi connectivity index (χ3v) is 10.4. The summed E-state index contributed by atoms with van der Waals surface area (Å²) in [4.78, 5) is 37.0. The van der Waals surface area contributed by atoms with E-state index in [9.17, 15) is 19.5 Å². The van der Waals surface area contributed by atoms with E-state index in [1.54, 1.807) is 0 Å². The molecule has 0 heterocycles. The monoisotopic (exact) mass is 767 g/mol. The highest BCUT2D eigenvalue weighted by Gasteiger charge is 2.31. The fourth-order valence-electron chi connectivity index (χ4n) is 6.85. The van der Waals surface area contributed by atoms with E-state index >= 15 is 0 Å². The molecular weight excluding hydrogens is 679 g/mol. The van der Waals surface area contributed by atoms with Crippen LogP contribution < -0.4 is 0 Å². The molecule has 0 rings (SSSR count). The number of unbranched alkanes of at least 4 members (excludes halogenated alkanes) is 25. The maximum Gasteiger partial charge on any atom is 0.362 e. The van der Waals surface area contributed by atoms with Gasteiger partial charge in [0.25, 0.3) is 0 Å². The van der Waals surface area contributed by atoms with Gasteiger partial charge in [-0.05, 0) is 38.5 Å². The van der Waals surface area contributed by atoms with E-state index in [0.717, 1.165) is 44.9 Å². The molecule has 0 aliphatic carbocycles. The van der Waals surface area contributed by atoms with Gasteiger partial charge >= 0.3 is 17.9 Å². The van der Waals surface area contributed by atoms with E-state index in [4.69, 9.17) is 14.2 Å². The van der Waals surface area contributed by atoms with Crippen molar-refractivity contribution in [1.82, 2.24) is 0 Å². The number of quaternary nitrogens is 1. The second-order valence-corrected chi connectivity index (χ2v) is 16.7. The molecule has 2 atom stereocenters. The maximum absolute atomic E-state index is 12.7. The molecule has 54 heavy (non-hydrogen) atoms. The molecule has 8 heteroatoms. The van der Waals surface area contributed by atoms with Gasteiger partial charge in [0.2, 0.25) is 0 Å². The SMILES string of the molecule is CCCCCCCCC/C=C/CCCCCCCC(=O)OCC(COCCC(C(=O)O)[N+](C)(C)C)OC(=O)CCCCCCCCCCCCCCCC. The molecule has 318 valence electrons. The molecule has 0 aromatic rings. The minimum absolute atomic E-state index is 0.0494. The number of likely N-dealkylation sites (N-methyl/N-ethyl adjacent to an activating group) is 1. The number of carbonyl (C=O) groups is 3. The molecule has 0 aliphatic heterocycles. The normalized spacial score (nSPS) is 13.0. The highest BCUT2D eigenvalue weighted by atomic mass is 16.6. The van der Waals surface area contributed by atoms with Crippen LogP contribution >= 0.6 is 0 Å². The summed E-state index contributed by atoms with van der Waals surface area (Å²) in [7, 11) is 5.53. The third kappa shape index (κ3) is 35.8. The molecule has 0 bridgehead atoms. The first kappa shape index (κ1) is 52.1. The van der Waals surface area contributed by atoms with Crippen LogP contribution in [0.15, 0.2) is 12.2 Å². The summed E-state index contributed by atoms with van der Waals surface area (Å²) in [6.07, 6.45) is 39.6. The number of carbonyl (C=O) groups excluding carboxylic acids is 2. The second-order valence-electron chi connectivity index (χ2n) is 16.7. The molecule has 0 spiro atoms. The summed E-state index contributed by atoms with van der Waals surface area (Å²) >= 11 is 0. The lowest BCUT2D eigenvalue weighted by Gasteiger charge is -2.31. The fraction of sp³-hybridized carbons (Fsp3) is 0.891. The third-order valence-electron chi connectivity index (χ3n) is 10.4. The van der Waals surface area contributed by atoms with Gasteiger partial charge in [0.05, 0.1) is 34.4 Å². The Bertz CT molecular complexity index is 900. The van der Waals surface area contributed by atoms with E-state index in [-0.39, 0.29) is 36.2 Å². The zero-order valence-electron chi connectivity index (χ0n) is 36.2. The molecule has 8 nitrogen and oxygen atoms in total. The Morgan fingerprint density at radius 1 is 0.537 bits per heavy atom. The van der Waals surface area contributed by atoms with Gasteiger partial charge in [-0.1, -0.05) is 167 Å². The first-order valence-electron chi connectivity index (χ1n) is 22.7. The van der Waals surface area contributed by atoms with Crippen molar-refractivity contribution in [3.63, 3.8) is 0 Å². The molecule has 0 radical (unpaired) electrons. The first-order valence-corrected chi connectivity index (χ1v) is 22.7. The predicted molar refractivity (Wildman–Crippen MR) is 225 cm³/mol. The topological polar surface area (TPSA) is 99.1 Å². The van der Waals surface area contributed by atoms with E-state index in [0.29, 0.717) is 19.3 Å². The number of hydrogen-bond acceptors (Lipinski definition) is 6. The number of carboxylic acids is 1. The Morgan fingerprint density at radius 3 is 1.33 bits per heavy atom. The minimum atomic E-state index is -0.873. The van der Waals surface area contributed by atoms with E-state index < -0.39 is 18.1 Å².